The lowest BCUT2D eigenvalue weighted by atomic mass is 10.1. The molecule has 2 N–H and O–H groups in total. The number of aliphatic hydroxyl groups excluding tert-OH is 1. The molecule has 1 atom stereocenters. The Morgan fingerprint density at radius 1 is 1.19 bits per heavy atom. The Balaban J connectivity index is 1.52. The molecule has 1 aromatic rings. The number of nitrogens with one attached hydrogen (secondary N) is 1. The molecular weight excluding hydrogens is 262 g/mol. The molecule has 0 saturated heterocycles. The average Bonchev–Trinajstić information content (AvgIpc) is 3.22. The van der Waals surface area contributed by atoms with Gasteiger partial charge in [-0.2, -0.15) is 0 Å². The SMILES string of the molecule is OCCC(NCc1cccc(OC2CCCC2)c1)C1CC1. The molecule has 3 rings (SSSR count). The maximum Gasteiger partial charge on any atom is 0.120 e. The van der Waals surface area contributed by atoms with Gasteiger partial charge in [0, 0.05) is 19.2 Å². The molecule has 2 saturated carbocycles. The average molecular weight is 289 g/mol. The first-order chi connectivity index (χ1) is 10.3. The van der Waals surface area contributed by atoms with Crippen LogP contribution < -0.4 is 10.1 Å². The summed E-state index contributed by atoms with van der Waals surface area (Å²) in [4.78, 5) is 0. The minimum Gasteiger partial charge on any atom is -0.490 e. The zero-order chi connectivity index (χ0) is 14.5. The molecule has 0 bridgehead atoms. The van der Waals surface area contributed by atoms with E-state index in [9.17, 15) is 0 Å². The Morgan fingerprint density at radius 3 is 2.71 bits per heavy atom. The third-order valence-electron chi connectivity index (χ3n) is 4.70. The third-order valence-corrected chi connectivity index (χ3v) is 4.70. The summed E-state index contributed by atoms with van der Waals surface area (Å²) in [5.74, 6) is 1.78. The van der Waals surface area contributed by atoms with Gasteiger partial charge in [-0.25, -0.2) is 0 Å². The summed E-state index contributed by atoms with van der Waals surface area (Å²) in [6.07, 6.45) is 8.90. The van der Waals surface area contributed by atoms with Crippen molar-refractivity contribution in [2.75, 3.05) is 6.61 Å². The molecule has 3 heteroatoms. The van der Waals surface area contributed by atoms with Crippen LogP contribution in [0.4, 0.5) is 0 Å². The summed E-state index contributed by atoms with van der Waals surface area (Å²) in [7, 11) is 0. The molecule has 21 heavy (non-hydrogen) atoms. The van der Waals surface area contributed by atoms with Crippen molar-refractivity contribution in [1.82, 2.24) is 5.32 Å². The summed E-state index contributed by atoms with van der Waals surface area (Å²) in [5, 5.41) is 12.8. The molecule has 0 radical (unpaired) electrons. The molecule has 0 aromatic heterocycles. The predicted octanol–water partition coefficient (Wildman–Crippen LogP) is 3.26. The molecule has 0 amide bonds. The van der Waals surface area contributed by atoms with E-state index >= 15 is 0 Å². The fraction of sp³-hybridized carbons (Fsp3) is 0.667. The van der Waals surface area contributed by atoms with Gasteiger partial charge in [0.15, 0.2) is 0 Å². The smallest absolute Gasteiger partial charge is 0.120 e. The van der Waals surface area contributed by atoms with Gasteiger partial charge in [-0.3, -0.25) is 0 Å². The highest BCUT2D eigenvalue weighted by atomic mass is 16.5. The first-order valence-electron chi connectivity index (χ1n) is 8.45. The number of ether oxygens (including phenoxy) is 1. The van der Waals surface area contributed by atoms with Crippen LogP contribution in [0.3, 0.4) is 0 Å². The molecule has 2 aliphatic rings. The van der Waals surface area contributed by atoms with Gasteiger partial charge in [-0.05, 0) is 68.6 Å². The predicted molar refractivity (Wildman–Crippen MR) is 84.4 cm³/mol. The largest absolute Gasteiger partial charge is 0.490 e. The molecular formula is C18H27NO2. The number of hydrogen-bond donors (Lipinski definition) is 2. The van der Waals surface area contributed by atoms with Crippen LogP contribution in [0.1, 0.15) is 50.5 Å². The van der Waals surface area contributed by atoms with Crippen LogP contribution in [0.15, 0.2) is 24.3 Å². The van der Waals surface area contributed by atoms with Crippen molar-refractivity contribution >= 4 is 0 Å². The number of hydrogen-bond acceptors (Lipinski definition) is 3. The molecule has 3 nitrogen and oxygen atoms in total. The first-order valence-corrected chi connectivity index (χ1v) is 8.45. The Hall–Kier alpha value is -1.06. The van der Waals surface area contributed by atoms with Crippen LogP contribution in [0.2, 0.25) is 0 Å². The highest BCUT2D eigenvalue weighted by molar-refractivity contribution is 5.28. The van der Waals surface area contributed by atoms with E-state index in [2.05, 4.69) is 29.6 Å². The lowest BCUT2D eigenvalue weighted by Gasteiger charge is -2.18. The van der Waals surface area contributed by atoms with Crippen LogP contribution in [-0.2, 0) is 6.54 Å². The lowest BCUT2D eigenvalue weighted by molar-refractivity contribution is 0.209. The van der Waals surface area contributed by atoms with Crippen LogP contribution in [0.5, 0.6) is 5.75 Å². The van der Waals surface area contributed by atoms with Crippen molar-refractivity contribution < 1.29 is 9.84 Å². The van der Waals surface area contributed by atoms with E-state index in [1.54, 1.807) is 0 Å². The molecule has 1 aromatic carbocycles. The number of aliphatic hydroxyl groups is 1. The van der Waals surface area contributed by atoms with Gasteiger partial charge in [-0.15, -0.1) is 0 Å². The minimum atomic E-state index is 0.277. The van der Waals surface area contributed by atoms with Crippen molar-refractivity contribution in [1.29, 1.82) is 0 Å². The quantitative estimate of drug-likeness (QED) is 0.772. The second-order valence-corrected chi connectivity index (χ2v) is 6.51. The van der Waals surface area contributed by atoms with E-state index < -0.39 is 0 Å². The van der Waals surface area contributed by atoms with Crippen LogP contribution in [-0.4, -0.2) is 23.9 Å². The fourth-order valence-corrected chi connectivity index (χ4v) is 3.32. The van der Waals surface area contributed by atoms with Crippen LogP contribution in [0.25, 0.3) is 0 Å². The summed E-state index contributed by atoms with van der Waals surface area (Å²) in [6, 6.07) is 8.92. The molecule has 2 aliphatic carbocycles. The maximum absolute atomic E-state index is 9.15. The standard InChI is InChI=1S/C18H27NO2/c20-11-10-18(15-8-9-15)19-13-14-4-3-7-17(12-14)21-16-5-1-2-6-16/h3-4,7,12,15-16,18-20H,1-2,5-6,8-11,13H2. The topological polar surface area (TPSA) is 41.5 Å². The van der Waals surface area contributed by atoms with E-state index in [0.717, 1.165) is 24.6 Å². The van der Waals surface area contributed by atoms with Crippen molar-refractivity contribution in [2.24, 2.45) is 5.92 Å². The Labute approximate surface area is 127 Å². The van der Waals surface area contributed by atoms with Crippen molar-refractivity contribution in [2.45, 2.75) is 63.6 Å². The molecule has 0 spiro atoms. The zero-order valence-corrected chi connectivity index (χ0v) is 12.8. The summed E-state index contributed by atoms with van der Waals surface area (Å²) in [5.41, 5.74) is 1.27. The molecule has 1 unspecified atom stereocenters. The van der Waals surface area contributed by atoms with E-state index in [-0.39, 0.29) is 6.61 Å². The summed E-state index contributed by atoms with van der Waals surface area (Å²) >= 11 is 0. The third kappa shape index (κ3) is 4.45. The Morgan fingerprint density at radius 2 is 2.00 bits per heavy atom. The van der Waals surface area contributed by atoms with Crippen LogP contribution >= 0.6 is 0 Å². The van der Waals surface area contributed by atoms with Crippen LogP contribution in [0, 0.1) is 5.92 Å². The van der Waals surface area contributed by atoms with E-state index in [1.807, 2.05) is 0 Å². The summed E-state index contributed by atoms with van der Waals surface area (Å²) < 4.78 is 6.06. The van der Waals surface area contributed by atoms with Gasteiger partial charge in [0.05, 0.1) is 6.10 Å². The maximum atomic E-state index is 9.15. The molecule has 2 fully saturated rings. The number of benzene rings is 1. The van der Waals surface area contributed by atoms with Crippen molar-refractivity contribution in [3.63, 3.8) is 0 Å². The second-order valence-electron chi connectivity index (χ2n) is 6.51. The van der Waals surface area contributed by atoms with Gasteiger partial charge in [0.2, 0.25) is 0 Å². The molecule has 0 aliphatic heterocycles. The Bertz CT molecular complexity index is 439. The highest BCUT2D eigenvalue weighted by Gasteiger charge is 2.30. The van der Waals surface area contributed by atoms with Gasteiger partial charge in [0.25, 0.3) is 0 Å². The fourth-order valence-electron chi connectivity index (χ4n) is 3.32. The second kappa shape index (κ2) is 7.28. The van der Waals surface area contributed by atoms with E-state index in [1.165, 1.54) is 44.1 Å². The first kappa shape index (κ1) is 14.9. The van der Waals surface area contributed by atoms with Crippen molar-refractivity contribution in [3.05, 3.63) is 29.8 Å². The van der Waals surface area contributed by atoms with Gasteiger partial charge >= 0.3 is 0 Å². The Kier molecular flexibility index (Phi) is 5.15. The summed E-state index contributed by atoms with van der Waals surface area (Å²) in [6.45, 7) is 1.14. The van der Waals surface area contributed by atoms with Gasteiger partial charge in [-0.1, -0.05) is 12.1 Å². The lowest BCUT2D eigenvalue weighted by Crippen LogP contribution is -2.31. The number of rotatable bonds is 8. The van der Waals surface area contributed by atoms with Crippen molar-refractivity contribution in [3.8, 4) is 5.75 Å². The van der Waals surface area contributed by atoms with E-state index in [0.29, 0.717) is 12.1 Å². The highest BCUT2D eigenvalue weighted by Crippen LogP contribution is 2.34. The van der Waals surface area contributed by atoms with Gasteiger partial charge < -0.3 is 15.2 Å². The normalized spacial score (nSPS) is 20.6. The molecule has 116 valence electrons. The van der Waals surface area contributed by atoms with Gasteiger partial charge in [0.1, 0.15) is 5.75 Å². The van der Waals surface area contributed by atoms with E-state index in [4.69, 9.17) is 9.84 Å². The zero-order valence-electron chi connectivity index (χ0n) is 12.8. The monoisotopic (exact) mass is 289 g/mol. The molecule has 0 heterocycles. The minimum absolute atomic E-state index is 0.277.